The molecule has 0 saturated carbocycles. The summed E-state index contributed by atoms with van der Waals surface area (Å²) in [5, 5.41) is 6.19. The first-order chi connectivity index (χ1) is 11.1. The van der Waals surface area contributed by atoms with E-state index in [0.29, 0.717) is 19.0 Å². The Bertz CT molecular complexity index is 510. The molecule has 0 spiro atoms. The van der Waals surface area contributed by atoms with Crippen LogP contribution in [-0.4, -0.2) is 42.1 Å². The van der Waals surface area contributed by atoms with Gasteiger partial charge in [-0.1, -0.05) is 13.8 Å². The highest BCUT2D eigenvalue weighted by Crippen LogP contribution is 2.19. The van der Waals surface area contributed by atoms with E-state index in [2.05, 4.69) is 25.5 Å². The summed E-state index contributed by atoms with van der Waals surface area (Å²) in [5.74, 6) is 1.90. The zero-order chi connectivity index (χ0) is 16.7. The number of rotatable bonds is 8. The van der Waals surface area contributed by atoms with Crippen molar-refractivity contribution in [2.45, 2.75) is 46.5 Å². The van der Waals surface area contributed by atoms with Crippen molar-refractivity contribution in [2.75, 3.05) is 36.4 Å². The minimum absolute atomic E-state index is 0.118. The van der Waals surface area contributed by atoms with Crippen LogP contribution >= 0.6 is 0 Å². The maximum Gasteiger partial charge on any atom is 0.224 e. The number of anilines is 2. The van der Waals surface area contributed by atoms with E-state index in [4.69, 9.17) is 0 Å². The highest BCUT2D eigenvalue weighted by Gasteiger charge is 2.15. The Morgan fingerprint density at radius 1 is 1.22 bits per heavy atom. The van der Waals surface area contributed by atoms with Gasteiger partial charge in [0.1, 0.15) is 5.82 Å². The Morgan fingerprint density at radius 3 is 2.57 bits per heavy atom. The van der Waals surface area contributed by atoms with Crippen LogP contribution in [0.3, 0.4) is 0 Å². The summed E-state index contributed by atoms with van der Waals surface area (Å²) in [7, 11) is 0. The maximum atomic E-state index is 11.9. The molecule has 1 amide bonds. The van der Waals surface area contributed by atoms with Gasteiger partial charge in [-0.2, -0.15) is 4.98 Å². The van der Waals surface area contributed by atoms with Gasteiger partial charge < -0.3 is 15.5 Å². The number of amides is 1. The summed E-state index contributed by atoms with van der Waals surface area (Å²) < 4.78 is 0. The smallest absolute Gasteiger partial charge is 0.224 e. The highest BCUT2D eigenvalue weighted by atomic mass is 16.1. The summed E-state index contributed by atoms with van der Waals surface area (Å²) in [6.07, 6.45) is 4.23. The van der Waals surface area contributed by atoms with E-state index >= 15 is 0 Å². The van der Waals surface area contributed by atoms with E-state index in [-0.39, 0.29) is 11.8 Å². The van der Waals surface area contributed by atoms with Gasteiger partial charge in [-0.15, -0.1) is 0 Å². The molecular weight excluding hydrogens is 290 g/mol. The second-order valence-electron chi connectivity index (χ2n) is 6.12. The standard InChI is InChI=1S/C17H29N5O/c1-4-14(5-2)16(23)18-8-9-19-17-20-13(3)12-15(21-17)22-10-6-7-11-22/h12,14H,4-11H2,1-3H3,(H,18,23)(H,19,20,21). The van der Waals surface area contributed by atoms with E-state index in [9.17, 15) is 4.79 Å². The maximum absolute atomic E-state index is 11.9. The number of carbonyl (C=O) groups excluding carboxylic acids is 1. The molecule has 0 radical (unpaired) electrons. The fourth-order valence-electron chi connectivity index (χ4n) is 2.90. The molecule has 0 aromatic carbocycles. The van der Waals surface area contributed by atoms with Gasteiger partial charge in [0.25, 0.3) is 0 Å². The molecule has 1 aliphatic rings. The molecule has 1 fully saturated rings. The van der Waals surface area contributed by atoms with Crippen molar-refractivity contribution in [2.24, 2.45) is 5.92 Å². The van der Waals surface area contributed by atoms with Crippen LogP contribution in [0.15, 0.2) is 6.07 Å². The van der Waals surface area contributed by atoms with E-state index in [1.54, 1.807) is 0 Å². The minimum Gasteiger partial charge on any atom is -0.356 e. The van der Waals surface area contributed by atoms with Crippen LogP contribution in [0.5, 0.6) is 0 Å². The minimum atomic E-state index is 0.118. The second kappa shape index (κ2) is 8.70. The van der Waals surface area contributed by atoms with Crippen molar-refractivity contribution in [1.29, 1.82) is 0 Å². The van der Waals surface area contributed by atoms with E-state index in [1.165, 1.54) is 12.8 Å². The number of nitrogens with zero attached hydrogens (tertiary/aromatic N) is 3. The monoisotopic (exact) mass is 319 g/mol. The first-order valence-electron chi connectivity index (χ1n) is 8.76. The SMILES string of the molecule is CCC(CC)C(=O)NCCNc1nc(C)cc(N2CCCC2)n1. The Morgan fingerprint density at radius 2 is 1.91 bits per heavy atom. The molecule has 2 N–H and O–H groups in total. The molecule has 0 unspecified atom stereocenters. The van der Waals surface area contributed by atoms with Gasteiger partial charge in [0.2, 0.25) is 11.9 Å². The molecule has 1 aromatic heterocycles. The lowest BCUT2D eigenvalue weighted by Gasteiger charge is -2.18. The number of nitrogens with one attached hydrogen (secondary N) is 2. The van der Waals surface area contributed by atoms with Gasteiger partial charge >= 0.3 is 0 Å². The van der Waals surface area contributed by atoms with Crippen molar-refractivity contribution in [1.82, 2.24) is 15.3 Å². The van der Waals surface area contributed by atoms with Gasteiger partial charge in [-0.05, 0) is 32.6 Å². The van der Waals surface area contributed by atoms with Gasteiger partial charge in [0.05, 0.1) is 0 Å². The molecule has 2 heterocycles. The van der Waals surface area contributed by atoms with Gasteiger partial charge in [-0.3, -0.25) is 4.79 Å². The lowest BCUT2D eigenvalue weighted by atomic mass is 10.0. The average molecular weight is 319 g/mol. The molecule has 1 saturated heterocycles. The summed E-state index contributed by atoms with van der Waals surface area (Å²) in [5.41, 5.74) is 0.963. The second-order valence-corrected chi connectivity index (χ2v) is 6.12. The summed E-state index contributed by atoms with van der Waals surface area (Å²) in [6.45, 7) is 9.45. The van der Waals surface area contributed by atoms with E-state index in [1.807, 2.05) is 26.8 Å². The van der Waals surface area contributed by atoms with Gasteiger partial charge in [0.15, 0.2) is 0 Å². The molecule has 128 valence electrons. The lowest BCUT2D eigenvalue weighted by Crippen LogP contribution is -2.33. The normalized spacial score (nSPS) is 14.3. The quantitative estimate of drug-likeness (QED) is 0.720. The third kappa shape index (κ3) is 5.08. The Kier molecular flexibility index (Phi) is 6.62. The molecule has 0 atom stereocenters. The number of carbonyl (C=O) groups is 1. The summed E-state index contributed by atoms with van der Waals surface area (Å²) in [6, 6.07) is 2.03. The van der Waals surface area contributed by atoms with Crippen molar-refractivity contribution >= 4 is 17.7 Å². The molecule has 0 aliphatic carbocycles. The highest BCUT2D eigenvalue weighted by molar-refractivity contribution is 5.78. The topological polar surface area (TPSA) is 70.2 Å². The van der Waals surface area contributed by atoms with Crippen molar-refractivity contribution in [3.8, 4) is 0 Å². The van der Waals surface area contributed by atoms with Crippen molar-refractivity contribution < 1.29 is 4.79 Å². The fourth-order valence-corrected chi connectivity index (χ4v) is 2.90. The number of aromatic nitrogens is 2. The molecule has 0 bridgehead atoms. The molecule has 1 aliphatic heterocycles. The summed E-state index contributed by atoms with van der Waals surface area (Å²) >= 11 is 0. The van der Waals surface area contributed by atoms with Gasteiger partial charge in [0, 0.05) is 43.9 Å². The van der Waals surface area contributed by atoms with E-state index in [0.717, 1.165) is 37.4 Å². The average Bonchev–Trinajstić information content (AvgIpc) is 3.07. The van der Waals surface area contributed by atoms with Crippen LogP contribution in [0.4, 0.5) is 11.8 Å². The Balaban J connectivity index is 1.82. The Labute approximate surface area is 139 Å². The molecule has 23 heavy (non-hydrogen) atoms. The predicted octanol–water partition coefficient (Wildman–Crippen LogP) is 2.35. The van der Waals surface area contributed by atoms with Crippen LogP contribution in [-0.2, 0) is 4.79 Å². The predicted molar refractivity (Wildman–Crippen MR) is 93.8 cm³/mol. The number of aryl methyl sites for hydroxylation is 1. The molecule has 6 heteroatoms. The molecule has 2 rings (SSSR count). The van der Waals surface area contributed by atoms with Crippen LogP contribution in [0.2, 0.25) is 0 Å². The molecule has 6 nitrogen and oxygen atoms in total. The van der Waals surface area contributed by atoms with Crippen LogP contribution in [0.25, 0.3) is 0 Å². The first-order valence-corrected chi connectivity index (χ1v) is 8.76. The zero-order valence-corrected chi connectivity index (χ0v) is 14.6. The third-order valence-corrected chi connectivity index (χ3v) is 4.33. The van der Waals surface area contributed by atoms with Crippen LogP contribution in [0.1, 0.15) is 45.2 Å². The van der Waals surface area contributed by atoms with Crippen molar-refractivity contribution in [3.05, 3.63) is 11.8 Å². The van der Waals surface area contributed by atoms with Gasteiger partial charge in [-0.25, -0.2) is 4.98 Å². The fraction of sp³-hybridized carbons (Fsp3) is 0.706. The van der Waals surface area contributed by atoms with E-state index < -0.39 is 0 Å². The number of hydrogen-bond acceptors (Lipinski definition) is 5. The van der Waals surface area contributed by atoms with Crippen LogP contribution < -0.4 is 15.5 Å². The number of hydrogen-bond donors (Lipinski definition) is 2. The summed E-state index contributed by atoms with van der Waals surface area (Å²) in [4.78, 5) is 23.2. The molecular formula is C17H29N5O. The largest absolute Gasteiger partial charge is 0.356 e. The Hall–Kier alpha value is -1.85. The third-order valence-electron chi connectivity index (χ3n) is 4.33. The first kappa shape index (κ1) is 17.5. The van der Waals surface area contributed by atoms with Crippen LogP contribution in [0, 0.1) is 12.8 Å². The lowest BCUT2D eigenvalue weighted by molar-refractivity contribution is -0.125. The molecule has 1 aromatic rings. The zero-order valence-electron chi connectivity index (χ0n) is 14.6. The van der Waals surface area contributed by atoms with Crippen molar-refractivity contribution in [3.63, 3.8) is 0 Å².